The number of ether oxygens (including phenoxy) is 1. The molecule has 0 aliphatic carbocycles. The normalized spacial score (nSPS) is 11.9. The summed E-state index contributed by atoms with van der Waals surface area (Å²) in [5.41, 5.74) is 2.27. The molecule has 0 aliphatic rings. The van der Waals surface area contributed by atoms with Crippen LogP contribution < -0.4 is 5.32 Å². The predicted molar refractivity (Wildman–Crippen MR) is 98.9 cm³/mol. The molecule has 2 aromatic carbocycles. The van der Waals surface area contributed by atoms with Crippen molar-refractivity contribution in [1.29, 1.82) is 0 Å². The van der Waals surface area contributed by atoms with E-state index in [2.05, 4.69) is 14.4 Å². The van der Waals surface area contributed by atoms with Gasteiger partial charge in [-0.05, 0) is 53.8 Å². The number of anilines is 1. The van der Waals surface area contributed by atoms with E-state index in [9.17, 15) is 9.59 Å². The second-order valence-corrected chi connectivity index (χ2v) is 6.69. The summed E-state index contributed by atoms with van der Waals surface area (Å²) in [7, 11) is 1.35. The molecular formula is C19H18N2O3S. The number of aromatic nitrogens is 1. The maximum absolute atomic E-state index is 12.4. The number of methoxy groups -OCH3 is 1. The Labute approximate surface area is 149 Å². The Bertz CT molecular complexity index is 902. The first-order chi connectivity index (χ1) is 12.1. The van der Waals surface area contributed by atoms with Gasteiger partial charge in [0.25, 0.3) is 0 Å². The van der Waals surface area contributed by atoms with E-state index in [-0.39, 0.29) is 17.8 Å². The second-order valence-electron chi connectivity index (χ2n) is 5.86. The molecule has 0 saturated heterocycles. The van der Waals surface area contributed by atoms with Crippen molar-refractivity contribution in [3.63, 3.8) is 0 Å². The van der Waals surface area contributed by atoms with Crippen LogP contribution in [0.15, 0.2) is 48.7 Å². The van der Waals surface area contributed by atoms with Gasteiger partial charge < -0.3 is 10.1 Å². The molecule has 0 spiro atoms. The van der Waals surface area contributed by atoms with E-state index in [0.717, 1.165) is 21.3 Å². The average Bonchev–Trinajstić information content (AvgIpc) is 3.09. The van der Waals surface area contributed by atoms with Crippen LogP contribution in [0, 0.1) is 5.92 Å². The molecule has 1 aromatic heterocycles. The maximum Gasteiger partial charge on any atom is 0.337 e. The van der Waals surface area contributed by atoms with Crippen molar-refractivity contribution in [2.75, 3.05) is 12.4 Å². The molecule has 1 atom stereocenters. The summed E-state index contributed by atoms with van der Waals surface area (Å²) in [4.78, 5) is 23.9. The molecule has 1 amide bonds. The number of carbonyl (C=O) groups is 2. The largest absolute Gasteiger partial charge is 0.465 e. The average molecular weight is 354 g/mol. The number of benzene rings is 2. The number of carbonyl (C=O) groups excluding carboxylic acids is 2. The number of nitrogens with one attached hydrogen (secondary N) is 1. The molecule has 3 aromatic rings. The lowest BCUT2D eigenvalue weighted by molar-refractivity contribution is -0.119. The number of nitrogens with zero attached hydrogens (tertiary/aromatic N) is 1. The van der Waals surface area contributed by atoms with Crippen LogP contribution in [-0.2, 0) is 16.0 Å². The summed E-state index contributed by atoms with van der Waals surface area (Å²) in [5.74, 6) is -0.599. The van der Waals surface area contributed by atoms with Gasteiger partial charge in [0.05, 0.1) is 17.4 Å². The summed E-state index contributed by atoms with van der Waals surface area (Å²) in [6.07, 6.45) is 2.41. The lowest BCUT2D eigenvalue weighted by Crippen LogP contribution is -2.22. The maximum atomic E-state index is 12.4. The molecule has 6 heteroatoms. The number of fused-ring (bicyclic) bond motifs is 1. The molecule has 0 aliphatic heterocycles. The molecule has 0 saturated carbocycles. The summed E-state index contributed by atoms with van der Waals surface area (Å²) in [6, 6.07) is 12.9. The third-order valence-electron chi connectivity index (χ3n) is 3.99. The standard InChI is InChI=1S/C19H18N2O3S/c1-12(9-13-3-5-14(6-4-13)19(23)24-2)18(22)21-16-8-7-15-11-20-25-17(15)10-16/h3-8,10-12H,9H2,1-2H3,(H,21,22)/t12-/m0/s1. The quantitative estimate of drug-likeness (QED) is 0.706. The van der Waals surface area contributed by atoms with Crippen LogP contribution in [0.3, 0.4) is 0 Å². The molecule has 3 rings (SSSR count). The van der Waals surface area contributed by atoms with Crippen LogP contribution in [0.5, 0.6) is 0 Å². The highest BCUT2D eigenvalue weighted by molar-refractivity contribution is 7.13. The van der Waals surface area contributed by atoms with Crippen molar-refractivity contribution in [1.82, 2.24) is 4.37 Å². The molecule has 0 fully saturated rings. The minimum atomic E-state index is -0.365. The molecule has 5 nitrogen and oxygen atoms in total. The Morgan fingerprint density at radius 2 is 1.96 bits per heavy atom. The summed E-state index contributed by atoms with van der Waals surface area (Å²) in [6.45, 7) is 1.88. The van der Waals surface area contributed by atoms with Gasteiger partial charge in [-0.3, -0.25) is 4.79 Å². The molecule has 0 bridgehead atoms. The van der Waals surface area contributed by atoms with Crippen LogP contribution in [0.25, 0.3) is 10.1 Å². The zero-order valence-corrected chi connectivity index (χ0v) is 14.8. The fourth-order valence-corrected chi connectivity index (χ4v) is 3.23. The number of rotatable bonds is 5. The second kappa shape index (κ2) is 7.44. The van der Waals surface area contributed by atoms with Gasteiger partial charge in [0, 0.05) is 23.2 Å². The van der Waals surface area contributed by atoms with Gasteiger partial charge in [-0.15, -0.1) is 0 Å². The van der Waals surface area contributed by atoms with Gasteiger partial charge in [-0.2, -0.15) is 4.37 Å². The SMILES string of the molecule is COC(=O)c1ccc(C[C@H](C)C(=O)Nc2ccc3cnsc3c2)cc1. The van der Waals surface area contributed by atoms with Crippen LogP contribution >= 0.6 is 11.5 Å². The number of hydrogen-bond acceptors (Lipinski definition) is 5. The van der Waals surface area contributed by atoms with E-state index >= 15 is 0 Å². The molecular weight excluding hydrogens is 336 g/mol. The van der Waals surface area contributed by atoms with Crippen molar-refractivity contribution in [3.8, 4) is 0 Å². The highest BCUT2D eigenvalue weighted by Gasteiger charge is 2.15. The van der Waals surface area contributed by atoms with Crippen LogP contribution in [0.1, 0.15) is 22.8 Å². The Hall–Kier alpha value is -2.73. The minimum Gasteiger partial charge on any atom is -0.465 e. The smallest absolute Gasteiger partial charge is 0.337 e. The first-order valence-corrected chi connectivity index (χ1v) is 8.66. The van der Waals surface area contributed by atoms with Crippen molar-refractivity contribution < 1.29 is 14.3 Å². The van der Waals surface area contributed by atoms with E-state index in [1.165, 1.54) is 18.6 Å². The Morgan fingerprint density at radius 3 is 2.68 bits per heavy atom. The van der Waals surface area contributed by atoms with E-state index in [1.807, 2.05) is 43.5 Å². The fourth-order valence-electron chi connectivity index (χ4n) is 2.54. The Kier molecular flexibility index (Phi) is 5.09. The first kappa shape index (κ1) is 17.1. The van der Waals surface area contributed by atoms with Gasteiger partial charge in [-0.25, -0.2) is 4.79 Å². The van der Waals surface area contributed by atoms with E-state index in [1.54, 1.807) is 12.1 Å². The van der Waals surface area contributed by atoms with Gasteiger partial charge in [0.1, 0.15) is 0 Å². The van der Waals surface area contributed by atoms with Gasteiger partial charge >= 0.3 is 5.97 Å². The molecule has 1 N–H and O–H groups in total. The molecule has 25 heavy (non-hydrogen) atoms. The molecule has 0 radical (unpaired) electrons. The van der Waals surface area contributed by atoms with E-state index in [4.69, 9.17) is 0 Å². The minimum absolute atomic E-state index is 0.0408. The lowest BCUT2D eigenvalue weighted by Gasteiger charge is -2.12. The van der Waals surface area contributed by atoms with Crippen molar-refractivity contribution in [3.05, 3.63) is 59.8 Å². The number of hydrogen-bond donors (Lipinski definition) is 1. The highest BCUT2D eigenvalue weighted by atomic mass is 32.1. The summed E-state index contributed by atoms with van der Waals surface area (Å²) >= 11 is 1.41. The number of amides is 1. The van der Waals surface area contributed by atoms with Crippen LogP contribution in [-0.4, -0.2) is 23.4 Å². The highest BCUT2D eigenvalue weighted by Crippen LogP contribution is 2.22. The molecule has 1 heterocycles. The van der Waals surface area contributed by atoms with E-state index in [0.29, 0.717) is 12.0 Å². The van der Waals surface area contributed by atoms with Gasteiger partial charge in [-0.1, -0.05) is 19.1 Å². The molecule has 0 unspecified atom stereocenters. The van der Waals surface area contributed by atoms with Crippen LogP contribution in [0.2, 0.25) is 0 Å². The first-order valence-electron chi connectivity index (χ1n) is 7.89. The number of esters is 1. The Balaban J connectivity index is 1.62. The van der Waals surface area contributed by atoms with Gasteiger partial charge in [0.2, 0.25) is 5.91 Å². The van der Waals surface area contributed by atoms with Crippen molar-refractivity contribution in [2.24, 2.45) is 5.92 Å². The van der Waals surface area contributed by atoms with Crippen molar-refractivity contribution in [2.45, 2.75) is 13.3 Å². The molecule has 128 valence electrons. The Morgan fingerprint density at radius 1 is 1.20 bits per heavy atom. The third-order valence-corrected chi connectivity index (χ3v) is 4.75. The summed E-state index contributed by atoms with van der Waals surface area (Å²) < 4.78 is 9.86. The van der Waals surface area contributed by atoms with Gasteiger partial charge in [0.15, 0.2) is 0 Å². The van der Waals surface area contributed by atoms with E-state index < -0.39 is 0 Å². The third kappa shape index (κ3) is 4.03. The van der Waals surface area contributed by atoms with Crippen LogP contribution in [0.4, 0.5) is 5.69 Å². The fraction of sp³-hybridized carbons (Fsp3) is 0.211. The van der Waals surface area contributed by atoms with Crippen molar-refractivity contribution >= 4 is 39.2 Å². The zero-order valence-electron chi connectivity index (χ0n) is 14.0. The predicted octanol–water partition coefficient (Wildman–Crippen LogP) is 3.90. The monoisotopic (exact) mass is 354 g/mol. The lowest BCUT2D eigenvalue weighted by atomic mass is 9.99. The zero-order chi connectivity index (χ0) is 17.8. The topological polar surface area (TPSA) is 68.3 Å². The summed E-state index contributed by atoms with van der Waals surface area (Å²) in [5, 5.41) is 4.02.